The average Bonchev–Trinajstić information content (AvgIpc) is 2.66. The number of hydrogen-bond donors (Lipinski definition) is 3. The number of hydrogen-bond acceptors (Lipinski definition) is 3. The van der Waals surface area contributed by atoms with E-state index < -0.39 is 0 Å². The molecule has 0 aromatic heterocycles. The van der Waals surface area contributed by atoms with E-state index >= 15 is 0 Å². The second-order valence-electron chi connectivity index (χ2n) is 8.05. The second kappa shape index (κ2) is 11.4. The van der Waals surface area contributed by atoms with E-state index in [1.165, 1.54) is 32.1 Å². The van der Waals surface area contributed by atoms with Gasteiger partial charge in [0.2, 0.25) is 5.91 Å². The lowest BCUT2D eigenvalue weighted by Gasteiger charge is -2.32. The molecule has 6 heteroatoms. The smallest absolute Gasteiger partial charge is 0.315 e. The Morgan fingerprint density at radius 3 is 2.19 bits per heavy atom. The number of carbonyl (C=O) groups excluding carboxylic acids is 2. The zero-order chi connectivity index (χ0) is 18.8. The normalized spacial score (nSPS) is 24.8. The van der Waals surface area contributed by atoms with Crippen LogP contribution >= 0.6 is 0 Å². The van der Waals surface area contributed by atoms with Gasteiger partial charge in [-0.05, 0) is 43.9 Å². The van der Waals surface area contributed by atoms with Gasteiger partial charge < -0.3 is 16.0 Å². The van der Waals surface area contributed by atoms with Crippen molar-refractivity contribution >= 4 is 11.9 Å². The minimum Gasteiger partial charge on any atom is -0.355 e. The standard InChI is InChI=1S/C20H38N4O2/c1-3-11-21-19(25)15-24-12-9-18(10-13-24)23-20(26)22-14-17-7-5-16(4-2)6-8-17/h16-18H,3-15H2,1-2H3,(H,21,25)(H2,22,23,26). The zero-order valence-corrected chi connectivity index (χ0v) is 16.7. The Kier molecular flexibility index (Phi) is 9.23. The van der Waals surface area contributed by atoms with E-state index in [2.05, 4.69) is 34.7 Å². The Hall–Kier alpha value is -1.30. The number of amides is 3. The predicted molar refractivity (Wildman–Crippen MR) is 105 cm³/mol. The van der Waals surface area contributed by atoms with Crippen LogP contribution in [0.5, 0.6) is 0 Å². The Morgan fingerprint density at radius 1 is 0.923 bits per heavy atom. The van der Waals surface area contributed by atoms with Crippen LogP contribution < -0.4 is 16.0 Å². The topological polar surface area (TPSA) is 73.5 Å². The molecule has 1 saturated heterocycles. The van der Waals surface area contributed by atoms with Crippen LogP contribution in [0.25, 0.3) is 0 Å². The highest BCUT2D eigenvalue weighted by molar-refractivity contribution is 5.78. The highest BCUT2D eigenvalue weighted by Crippen LogP contribution is 2.30. The quantitative estimate of drug-likeness (QED) is 0.618. The van der Waals surface area contributed by atoms with Crippen LogP contribution in [0.3, 0.4) is 0 Å². The van der Waals surface area contributed by atoms with Gasteiger partial charge >= 0.3 is 6.03 Å². The largest absolute Gasteiger partial charge is 0.355 e. The Labute approximate surface area is 158 Å². The summed E-state index contributed by atoms with van der Waals surface area (Å²) in [5.74, 6) is 1.65. The molecular formula is C20H38N4O2. The molecule has 0 unspecified atom stereocenters. The van der Waals surface area contributed by atoms with Gasteiger partial charge in [0, 0.05) is 32.2 Å². The predicted octanol–water partition coefficient (Wildman–Crippen LogP) is 2.49. The SMILES string of the molecule is CCCNC(=O)CN1CCC(NC(=O)NCC2CCC(CC)CC2)CC1. The molecule has 0 bridgehead atoms. The van der Waals surface area contributed by atoms with Gasteiger partial charge in [0.25, 0.3) is 0 Å². The third-order valence-electron chi connectivity index (χ3n) is 5.96. The summed E-state index contributed by atoms with van der Waals surface area (Å²) in [7, 11) is 0. The number of likely N-dealkylation sites (tertiary alicyclic amines) is 1. The zero-order valence-electron chi connectivity index (χ0n) is 16.7. The summed E-state index contributed by atoms with van der Waals surface area (Å²) >= 11 is 0. The Balaban J connectivity index is 1.56. The van der Waals surface area contributed by atoms with Crippen molar-refractivity contribution in [2.24, 2.45) is 11.8 Å². The van der Waals surface area contributed by atoms with E-state index in [4.69, 9.17) is 0 Å². The van der Waals surface area contributed by atoms with Crippen LogP contribution in [-0.2, 0) is 4.79 Å². The van der Waals surface area contributed by atoms with Crippen molar-refractivity contribution in [1.29, 1.82) is 0 Å². The van der Waals surface area contributed by atoms with Crippen molar-refractivity contribution in [2.45, 2.75) is 71.3 Å². The fourth-order valence-corrected chi connectivity index (χ4v) is 4.08. The van der Waals surface area contributed by atoms with Crippen LogP contribution in [0.2, 0.25) is 0 Å². The van der Waals surface area contributed by atoms with Crippen molar-refractivity contribution in [2.75, 3.05) is 32.7 Å². The Morgan fingerprint density at radius 2 is 1.58 bits per heavy atom. The molecule has 3 amide bonds. The number of nitrogens with one attached hydrogen (secondary N) is 3. The molecule has 150 valence electrons. The number of urea groups is 1. The fourth-order valence-electron chi connectivity index (χ4n) is 4.08. The third kappa shape index (κ3) is 7.52. The molecule has 1 saturated carbocycles. The minimum absolute atomic E-state index is 0.0262. The van der Waals surface area contributed by atoms with E-state index in [0.29, 0.717) is 12.5 Å². The van der Waals surface area contributed by atoms with Gasteiger partial charge in [-0.15, -0.1) is 0 Å². The van der Waals surface area contributed by atoms with Gasteiger partial charge in [-0.2, -0.15) is 0 Å². The van der Waals surface area contributed by atoms with E-state index in [1.54, 1.807) is 0 Å². The molecular weight excluding hydrogens is 328 g/mol. The third-order valence-corrected chi connectivity index (χ3v) is 5.96. The molecule has 0 radical (unpaired) electrons. The number of nitrogens with zero attached hydrogens (tertiary/aromatic N) is 1. The molecule has 0 aromatic carbocycles. The summed E-state index contributed by atoms with van der Waals surface area (Å²) in [6.45, 7) is 8.09. The molecule has 3 N–H and O–H groups in total. The maximum atomic E-state index is 12.2. The second-order valence-corrected chi connectivity index (χ2v) is 8.05. The van der Waals surface area contributed by atoms with Gasteiger partial charge in [-0.25, -0.2) is 4.79 Å². The van der Waals surface area contributed by atoms with Crippen LogP contribution in [0.1, 0.15) is 65.2 Å². The molecule has 1 heterocycles. The van der Waals surface area contributed by atoms with Gasteiger partial charge in [0.15, 0.2) is 0 Å². The lowest BCUT2D eigenvalue weighted by atomic mass is 9.81. The summed E-state index contributed by atoms with van der Waals surface area (Å²) in [6, 6.07) is 0.197. The van der Waals surface area contributed by atoms with Gasteiger partial charge in [-0.1, -0.05) is 33.1 Å². The van der Waals surface area contributed by atoms with Crippen molar-refractivity contribution in [3.05, 3.63) is 0 Å². The highest BCUT2D eigenvalue weighted by Gasteiger charge is 2.23. The van der Waals surface area contributed by atoms with Crippen LogP contribution in [0, 0.1) is 11.8 Å². The molecule has 1 aliphatic heterocycles. The number of piperidine rings is 1. The van der Waals surface area contributed by atoms with Crippen molar-refractivity contribution in [1.82, 2.24) is 20.9 Å². The molecule has 0 spiro atoms. The molecule has 26 heavy (non-hydrogen) atoms. The molecule has 2 fully saturated rings. The van der Waals surface area contributed by atoms with Crippen molar-refractivity contribution in [3.63, 3.8) is 0 Å². The minimum atomic E-state index is -0.0262. The molecule has 6 nitrogen and oxygen atoms in total. The monoisotopic (exact) mass is 366 g/mol. The fraction of sp³-hybridized carbons (Fsp3) is 0.900. The summed E-state index contributed by atoms with van der Waals surface area (Å²) < 4.78 is 0. The average molecular weight is 367 g/mol. The number of carbonyl (C=O) groups is 2. The lowest BCUT2D eigenvalue weighted by molar-refractivity contribution is -0.122. The maximum absolute atomic E-state index is 12.2. The summed E-state index contributed by atoms with van der Waals surface area (Å²) in [6.07, 6.45) is 9.21. The van der Waals surface area contributed by atoms with Crippen molar-refractivity contribution in [3.8, 4) is 0 Å². The van der Waals surface area contributed by atoms with Gasteiger partial charge in [0.05, 0.1) is 6.54 Å². The summed E-state index contributed by atoms with van der Waals surface area (Å²) in [4.78, 5) is 26.1. The first-order valence-corrected chi connectivity index (χ1v) is 10.6. The van der Waals surface area contributed by atoms with E-state index in [1.807, 2.05) is 0 Å². The number of rotatable bonds is 8. The van der Waals surface area contributed by atoms with Crippen molar-refractivity contribution < 1.29 is 9.59 Å². The summed E-state index contributed by atoms with van der Waals surface area (Å²) in [5.41, 5.74) is 0. The van der Waals surface area contributed by atoms with Crippen LogP contribution in [-0.4, -0.2) is 55.6 Å². The van der Waals surface area contributed by atoms with Gasteiger partial charge in [0.1, 0.15) is 0 Å². The maximum Gasteiger partial charge on any atom is 0.315 e. The molecule has 2 rings (SSSR count). The lowest BCUT2D eigenvalue weighted by Crippen LogP contribution is -2.50. The first-order chi connectivity index (χ1) is 12.6. The van der Waals surface area contributed by atoms with Crippen LogP contribution in [0.4, 0.5) is 4.79 Å². The molecule has 0 atom stereocenters. The first-order valence-electron chi connectivity index (χ1n) is 10.6. The Bertz CT molecular complexity index is 428. The highest BCUT2D eigenvalue weighted by atomic mass is 16.2. The van der Waals surface area contributed by atoms with E-state index in [9.17, 15) is 9.59 Å². The summed E-state index contributed by atoms with van der Waals surface area (Å²) in [5, 5.41) is 9.10. The van der Waals surface area contributed by atoms with E-state index in [-0.39, 0.29) is 18.0 Å². The van der Waals surface area contributed by atoms with Gasteiger partial charge in [-0.3, -0.25) is 9.69 Å². The first kappa shape index (κ1) is 21.0. The molecule has 2 aliphatic rings. The molecule has 0 aromatic rings. The van der Waals surface area contributed by atoms with E-state index in [0.717, 1.165) is 51.4 Å². The van der Waals surface area contributed by atoms with Crippen LogP contribution in [0.15, 0.2) is 0 Å². The molecule has 1 aliphatic carbocycles.